The summed E-state index contributed by atoms with van der Waals surface area (Å²) >= 11 is 0. The van der Waals surface area contributed by atoms with Crippen LogP contribution in [0.5, 0.6) is 0 Å². The van der Waals surface area contributed by atoms with Gasteiger partial charge in [0.05, 0.1) is 0 Å². The molecular formula is C23H33N3O. The van der Waals surface area contributed by atoms with Crippen molar-refractivity contribution in [3.05, 3.63) is 29.5 Å². The number of nitrogens with zero attached hydrogens (tertiary/aromatic N) is 2. The third-order valence-corrected chi connectivity index (χ3v) is 6.43. The number of aromatic nitrogens is 1. The maximum absolute atomic E-state index is 13.1. The molecule has 2 aliphatic heterocycles. The second kappa shape index (κ2) is 7.21. The van der Waals surface area contributed by atoms with Gasteiger partial charge in [0, 0.05) is 42.8 Å². The summed E-state index contributed by atoms with van der Waals surface area (Å²) in [6, 6.07) is 6.64. The molecule has 1 aromatic heterocycles. The quantitative estimate of drug-likeness (QED) is 0.826. The van der Waals surface area contributed by atoms with Crippen molar-refractivity contribution in [3.63, 3.8) is 0 Å². The lowest BCUT2D eigenvalue weighted by atomic mass is 9.91. The molecular weight excluding hydrogens is 334 g/mol. The van der Waals surface area contributed by atoms with Crippen molar-refractivity contribution < 1.29 is 4.79 Å². The van der Waals surface area contributed by atoms with Gasteiger partial charge in [-0.3, -0.25) is 4.79 Å². The van der Waals surface area contributed by atoms with E-state index in [1.807, 2.05) is 4.90 Å². The number of hydrogen-bond donors (Lipinski definition) is 1. The molecule has 0 aliphatic carbocycles. The van der Waals surface area contributed by atoms with Crippen LogP contribution in [0.15, 0.2) is 18.2 Å². The Labute approximate surface area is 162 Å². The highest BCUT2D eigenvalue weighted by atomic mass is 16.2. The number of piperidine rings is 2. The van der Waals surface area contributed by atoms with E-state index in [9.17, 15) is 4.79 Å². The molecule has 0 radical (unpaired) electrons. The Morgan fingerprint density at radius 3 is 2.52 bits per heavy atom. The van der Waals surface area contributed by atoms with E-state index in [0.717, 1.165) is 61.2 Å². The van der Waals surface area contributed by atoms with Gasteiger partial charge in [-0.15, -0.1) is 0 Å². The number of carbonyl (C=O) groups is 1. The van der Waals surface area contributed by atoms with Crippen molar-refractivity contribution in [1.29, 1.82) is 0 Å². The monoisotopic (exact) mass is 367 g/mol. The van der Waals surface area contributed by atoms with Crippen molar-refractivity contribution in [2.75, 3.05) is 31.1 Å². The van der Waals surface area contributed by atoms with E-state index in [4.69, 9.17) is 0 Å². The van der Waals surface area contributed by atoms with Gasteiger partial charge in [-0.1, -0.05) is 20.8 Å². The maximum Gasteiger partial charge on any atom is 0.270 e. The minimum Gasteiger partial charge on any atom is -0.371 e. The first-order valence-electron chi connectivity index (χ1n) is 10.6. The van der Waals surface area contributed by atoms with Gasteiger partial charge < -0.3 is 14.8 Å². The molecule has 0 saturated carbocycles. The summed E-state index contributed by atoms with van der Waals surface area (Å²) in [6.07, 6.45) is 3.65. The zero-order valence-electron chi connectivity index (χ0n) is 17.2. The van der Waals surface area contributed by atoms with Crippen molar-refractivity contribution in [1.82, 2.24) is 9.88 Å². The zero-order chi connectivity index (χ0) is 19.1. The molecule has 1 N–H and O–H groups in total. The number of hydrogen-bond acceptors (Lipinski definition) is 2. The number of carbonyl (C=O) groups excluding carboxylic acids is 1. The first-order valence-corrected chi connectivity index (χ1v) is 10.6. The molecule has 2 saturated heterocycles. The van der Waals surface area contributed by atoms with Gasteiger partial charge in [0.25, 0.3) is 5.91 Å². The summed E-state index contributed by atoms with van der Waals surface area (Å²) < 4.78 is 0. The van der Waals surface area contributed by atoms with Crippen LogP contribution < -0.4 is 4.90 Å². The molecule has 27 heavy (non-hydrogen) atoms. The maximum atomic E-state index is 13.1. The molecule has 146 valence electrons. The highest BCUT2D eigenvalue weighted by Crippen LogP contribution is 2.31. The van der Waals surface area contributed by atoms with Crippen LogP contribution in [0.4, 0.5) is 5.69 Å². The number of aromatic amines is 1. The van der Waals surface area contributed by atoms with Gasteiger partial charge in [-0.05, 0) is 67.7 Å². The molecule has 2 aromatic rings. The van der Waals surface area contributed by atoms with Crippen LogP contribution >= 0.6 is 0 Å². The van der Waals surface area contributed by atoms with E-state index in [1.54, 1.807) is 0 Å². The van der Waals surface area contributed by atoms with Crippen LogP contribution in [0.1, 0.15) is 56.1 Å². The second-order valence-corrected chi connectivity index (χ2v) is 9.20. The molecule has 3 unspecified atom stereocenters. The van der Waals surface area contributed by atoms with Crippen LogP contribution in [0.2, 0.25) is 0 Å². The largest absolute Gasteiger partial charge is 0.371 e. The first kappa shape index (κ1) is 18.4. The van der Waals surface area contributed by atoms with Crippen molar-refractivity contribution in [2.45, 2.75) is 47.0 Å². The molecule has 0 bridgehead atoms. The van der Waals surface area contributed by atoms with Crippen LogP contribution in [0, 0.1) is 24.7 Å². The van der Waals surface area contributed by atoms with Crippen molar-refractivity contribution >= 4 is 22.5 Å². The first-order chi connectivity index (χ1) is 12.9. The SMILES string of the molecule is Cc1c(C(=O)N2CCCC(C)C2)[nH]c2ccc(N3CC(C)CC(C)C3)cc12. The lowest BCUT2D eigenvalue weighted by Gasteiger charge is -2.36. The van der Waals surface area contributed by atoms with Gasteiger partial charge in [-0.2, -0.15) is 0 Å². The molecule has 3 atom stereocenters. The highest BCUT2D eigenvalue weighted by molar-refractivity contribution is 6.01. The van der Waals surface area contributed by atoms with Crippen LogP contribution in [0.25, 0.3) is 10.9 Å². The zero-order valence-corrected chi connectivity index (χ0v) is 17.2. The smallest absolute Gasteiger partial charge is 0.270 e. The number of aryl methyl sites for hydroxylation is 1. The number of fused-ring (bicyclic) bond motifs is 1. The fourth-order valence-corrected chi connectivity index (χ4v) is 5.13. The average molecular weight is 368 g/mol. The Morgan fingerprint density at radius 2 is 1.81 bits per heavy atom. The number of H-pyrrole nitrogens is 1. The minimum atomic E-state index is 0.164. The van der Waals surface area contributed by atoms with E-state index < -0.39 is 0 Å². The summed E-state index contributed by atoms with van der Waals surface area (Å²) in [5.41, 5.74) is 4.22. The number of nitrogens with one attached hydrogen (secondary N) is 1. The molecule has 3 heterocycles. The second-order valence-electron chi connectivity index (χ2n) is 9.20. The van der Waals surface area contributed by atoms with Gasteiger partial charge in [0.2, 0.25) is 0 Å². The number of amides is 1. The van der Waals surface area contributed by atoms with E-state index in [-0.39, 0.29) is 5.91 Å². The summed E-state index contributed by atoms with van der Waals surface area (Å²) in [5, 5.41) is 1.19. The van der Waals surface area contributed by atoms with Crippen molar-refractivity contribution in [3.8, 4) is 0 Å². The fraction of sp³-hybridized carbons (Fsp3) is 0.609. The molecule has 1 amide bonds. The number of anilines is 1. The molecule has 2 aliphatic rings. The fourth-order valence-electron chi connectivity index (χ4n) is 5.13. The third kappa shape index (κ3) is 3.59. The molecule has 1 aromatic carbocycles. The van der Waals surface area contributed by atoms with Gasteiger partial charge >= 0.3 is 0 Å². The highest BCUT2D eigenvalue weighted by Gasteiger charge is 2.26. The molecule has 2 fully saturated rings. The summed E-state index contributed by atoms with van der Waals surface area (Å²) in [4.78, 5) is 21.0. The Morgan fingerprint density at radius 1 is 1.07 bits per heavy atom. The van der Waals surface area contributed by atoms with Crippen molar-refractivity contribution in [2.24, 2.45) is 17.8 Å². The summed E-state index contributed by atoms with van der Waals surface area (Å²) in [7, 11) is 0. The topological polar surface area (TPSA) is 39.3 Å². The van der Waals surface area contributed by atoms with Gasteiger partial charge in [0.1, 0.15) is 5.69 Å². The molecule has 4 rings (SSSR count). The molecule has 4 nitrogen and oxygen atoms in total. The molecule has 0 spiro atoms. The Bertz CT molecular complexity index is 830. The predicted octanol–water partition coefficient (Wildman–Crippen LogP) is 4.83. The van der Waals surface area contributed by atoms with Crippen LogP contribution in [0.3, 0.4) is 0 Å². The molecule has 4 heteroatoms. The van der Waals surface area contributed by atoms with Crippen LogP contribution in [-0.2, 0) is 0 Å². The lowest BCUT2D eigenvalue weighted by Crippen LogP contribution is -2.39. The third-order valence-electron chi connectivity index (χ3n) is 6.43. The Kier molecular flexibility index (Phi) is 4.92. The number of benzene rings is 1. The van der Waals surface area contributed by atoms with Gasteiger partial charge in [0.15, 0.2) is 0 Å². The lowest BCUT2D eigenvalue weighted by molar-refractivity contribution is 0.0677. The summed E-state index contributed by atoms with van der Waals surface area (Å²) in [5.74, 6) is 2.23. The van der Waals surface area contributed by atoms with E-state index >= 15 is 0 Å². The van der Waals surface area contributed by atoms with E-state index in [1.165, 1.54) is 23.9 Å². The predicted molar refractivity (Wildman–Crippen MR) is 112 cm³/mol. The standard InChI is InChI=1S/C23H33N3O/c1-15-6-5-9-25(12-15)23(27)22-18(4)20-11-19(7-8-21(20)24-22)26-13-16(2)10-17(3)14-26/h7-8,11,15-17,24H,5-6,9-10,12-14H2,1-4H3. The Hall–Kier alpha value is -1.97. The van der Waals surface area contributed by atoms with E-state index in [2.05, 4.69) is 55.8 Å². The number of rotatable bonds is 2. The van der Waals surface area contributed by atoms with E-state index in [0.29, 0.717) is 5.92 Å². The summed E-state index contributed by atoms with van der Waals surface area (Å²) in [6.45, 7) is 13.0. The normalized spacial score (nSPS) is 26.6. The average Bonchev–Trinajstić information content (AvgIpc) is 2.96. The minimum absolute atomic E-state index is 0.164. The Balaban J connectivity index is 1.63. The van der Waals surface area contributed by atoms with Crippen LogP contribution in [-0.4, -0.2) is 42.0 Å². The number of likely N-dealkylation sites (tertiary alicyclic amines) is 1. The van der Waals surface area contributed by atoms with Gasteiger partial charge in [-0.25, -0.2) is 0 Å².